The van der Waals surface area contributed by atoms with Gasteiger partial charge in [-0.2, -0.15) is 0 Å². The van der Waals surface area contributed by atoms with Crippen LogP contribution in [0.5, 0.6) is 0 Å². The van der Waals surface area contributed by atoms with Crippen LogP contribution in [0.4, 0.5) is 0 Å². The van der Waals surface area contributed by atoms with Crippen molar-refractivity contribution in [2.75, 3.05) is 0 Å². The Labute approximate surface area is 298 Å². The zero-order chi connectivity index (χ0) is 33.9. The Morgan fingerprint density at radius 1 is 0.385 bits per heavy atom. The number of fused-ring (bicyclic) bond motifs is 10. The van der Waals surface area contributed by atoms with E-state index in [1.807, 2.05) is 12.3 Å². The Morgan fingerprint density at radius 2 is 1.04 bits per heavy atom. The molecule has 11 aromatic rings. The second kappa shape index (κ2) is 10.3. The maximum absolute atomic E-state index is 5.43. The first-order chi connectivity index (χ1) is 25.8. The highest BCUT2D eigenvalue weighted by atomic mass is 15.1. The molecule has 0 spiro atoms. The molecular formula is C48H28N4. The van der Waals surface area contributed by atoms with Gasteiger partial charge in [0, 0.05) is 49.9 Å². The molecule has 0 fully saturated rings. The van der Waals surface area contributed by atoms with Gasteiger partial charge in [-0.05, 0) is 100 Å². The third-order valence-corrected chi connectivity index (χ3v) is 11.0. The minimum Gasteiger partial charge on any atom is -0.309 e. The van der Waals surface area contributed by atoms with E-state index in [0.29, 0.717) is 0 Å². The van der Waals surface area contributed by atoms with E-state index in [0.717, 1.165) is 39.4 Å². The molecular weight excluding hydrogens is 633 g/mol. The second-order valence-corrected chi connectivity index (χ2v) is 13.8. The average Bonchev–Trinajstić information content (AvgIpc) is 3.83. The molecule has 0 radical (unpaired) electrons. The smallest absolute Gasteiger partial charge is 0.138 e. The number of aromatic nitrogens is 4. The zero-order valence-electron chi connectivity index (χ0n) is 28.0. The highest BCUT2D eigenvalue weighted by Crippen LogP contribution is 2.46. The van der Waals surface area contributed by atoms with E-state index in [2.05, 4.69) is 167 Å². The van der Waals surface area contributed by atoms with Gasteiger partial charge in [-0.25, -0.2) is 4.98 Å². The monoisotopic (exact) mass is 660 g/mol. The van der Waals surface area contributed by atoms with Gasteiger partial charge in [0.25, 0.3) is 0 Å². The maximum atomic E-state index is 5.43. The van der Waals surface area contributed by atoms with Crippen LogP contribution in [-0.4, -0.2) is 19.1 Å². The Kier molecular flexibility index (Phi) is 5.47. The molecule has 0 atom stereocenters. The molecule has 1 aliphatic rings. The standard InChI is InChI=1S/C48H28N4/c1-2-13-34(14-3-1)51-41-18-7-6-15-35(41)38-25-31(19-21-42(38)51)32-20-22-43-39(26-32)40-24-29-10-4-5-11-30(29)27-44(40)52(43)45-28-33-12-8-16-36-46(33)48(50-45)37-17-9-23-49-47(36)37/h1-28H. The lowest BCUT2D eigenvalue weighted by molar-refractivity contribution is 1.09. The lowest BCUT2D eigenvalue weighted by Gasteiger charge is -2.11. The van der Waals surface area contributed by atoms with Gasteiger partial charge in [0.1, 0.15) is 5.82 Å². The zero-order valence-corrected chi connectivity index (χ0v) is 28.0. The van der Waals surface area contributed by atoms with Gasteiger partial charge in [0.2, 0.25) is 0 Å². The lowest BCUT2D eigenvalue weighted by atomic mass is 10.00. The summed E-state index contributed by atoms with van der Waals surface area (Å²) in [6.45, 7) is 0. The molecule has 0 saturated heterocycles. The van der Waals surface area contributed by atoms with E-state index >= 15 is 0 Å². The van der Waals surface area contributed by atoms with Crippen molar-refractivity contribution in [2.24, 2.45) is 0 Å². The Balaban J connectivity index is 1.11. The van der Waals surface area contributed by atoms with Crippen LogP contribution in [0, 0.1) is 0 Å². The van der Waals surface area contributed by atoms with E-state index in [1.54, 1.807) is 0 Å². The highest BCUT2D eigenvalue weighted by molar-refractivity contribution is 6.17. The SMILES string of the molecule is c1ccc(-n2c3ccccc3c3cc(-c4ccc5c(c4)c4cc6ccccc6cc4n5-c4cc5cccc6c5c(n4)-c4cccnc4-6)ccc32)cc1. The largest absolute Gasteiger partial charge is 0.309 e. The predicted octanol–water partition coefficient (Wildman–Crippen LogP) is 12.3. The van der Waals surface area contributed by atoms with Crippen LogP contribution >= 0.6 is 0 Å². The number of nitrogens with zero attached hydrogens (tertiary/aromatic N) is 4. The number of para-hydroxylation sites is 2. The summed E-state index contributed by atoms with van der Waals surface area (Å²) >= 11 is 0. The van der Waals surface area contributed by atoms with Crippen LogP contribution in [0.15, 0.2) is 170 Å². The molecule has 7 aromatic carbocycles. The van der Waals surface area contributed by atoms with Gasteiger partial charge in [-0.3, -0.25) is 9.55 Å². The van der Waals surface area contributed by atoms with Crippen LogP contribution in [0.25, 0.3) is 110 Å². The Morgan fingerprint density at radius 3 is 1.88 bits per heavy atom. The fourth-order valence-electron chi connectivity index (χ4n) is 8.75. The molecule has 1 aliphatic carbocycles. The molecule has 240 valence electrons. The number of rotatable bonds is 3. The average molecular weight is 661 g/mol. The molecule has 4 nitrogen and oxygen atoms in total. The molecule has 4 heteroatoms. The van der Waals surface area contributed by atoms with E-state index in [9.17, 15) is 0 Å². The Bertz CT molecular complexity index is 3290. The summed E-state index contributed by atoms with van der Waals surface area (Å²) in [5, 5.41) is 9.71. The number of pyridine rings is 2. The van der Waals surface area contributed by atoms with Crippen molar-refractivity contribution in [2.45, 2.75) is 0 Å². The summed E-state index contributed by atoms with van der Waals surface area (Å²) in [4.78, 5) is 10.2. The molecule has 0 N–H and O–H groups in total. The van der Waals surface area contributed by atoms with E-state index in [1.165, 1.54) is 70.9 Å². The van der Waals surface area contributed by atoms with E-state index < -0.39 is 0 Å². The van der Waals surface area contributed by atoms with Gasteiger partial charge < -0.3 is 4.57 Å². The van der Waals surface area contributed by atoms with Gasteiger partial charge in [0.15, 0.2) is 0 Å². The third-order valence-electron chi connectivity index (χ3n) is 11.0. The molecule has 0 aliphatic heterocycles. The third kappa shape index (κ3) is 3.75. The van der Waals surface area contributed by atoms with Gasteiger partial charge in [-0.1, -0.05) is 91.0 Å². The predicted molar refractivity (Wildman–Crippen MR) is 216 cm³/mol. The summed E-state index contributed by atoms with van der Waals surface area (Å²) in [5.41, 5.74) is 12.5. The molecule has 12 rings (SSSR count). The first-order valence-electron chi connectivity index (χ1n) is 17.7. The molecule has 0 unspecified atom stereocenters. The van der Waals surface area contributed by atoms with Crippen molar-refractivity contribution in [3.63, 3.8) is 0 Å². The van der Waals surface area contributed by atoms with Crippen molar-refractivity contribution in [1.82, 2.24) is 19.1 Å². The normalized spacial score (nSPS) is 12.2. The minimum absolute atomic E-state index is 0.912. The maximum Gasteiger partial charge on any atom is 0.138 e. The van der Waals surface area contributed by atoms with Crippen LogP contribution in [0.3, 0.4) is 0 Å². The van der Waals surface area contributed by atoms with Crippen molar-refractivity contribution in [3.05, 3.63) is 170 Å². The van der Waals surface area contributed by atoms with Crippen LogP contribution < -0.4 is 0 Å². The summed E-state index contributed by atoms with van der Waals surface area (Å²) in [5.74, 6) is 0.912. The summed E-state index contributed by atoms with van der Waals surface area (Å²) in [7, 11) is 0. The summed E-state index contributed by atoms with van der Waals surface area (Å²) < 4.78 is 4.73. The molecule has 4 aromatic heterocycles. The van der Waals surface area contributed by atoms with Gasteiger partial charge >= 0.3 is 0 Å². The number of hydrogen-bond donors (Lipinski definition) is 0. The second-order valence-electron chi connectivity index (χ2n) is 13.8. The number of benzene rings is 7. The molecule has 52 heavy (non-hydrogen) atoms. The molecule has 0 amide bonds. The van der Waals surface area contributed by atoms with Crippen molar-refractivity contribution in [3.8, 4) is 45.1 Å². The minimum atomic E-state index is 0.912. The van der Waals surface area contributed by atoms with E-state index in [4.69, 9.17) is 9.97 Å². The lowest BCUT2D eigenvalue weighted by Crippen LogP contribution is -1.99. The molecule has 0 bridgehead atoms. The Hall–Kier alpha value is -7.04. The first kappa shape index (κ1) is 27.7. The van der Waals surface area contributed by atoms with Crippen LogP contribution in [0.2, 0.25) is 0 Å². The highest BCUT2D eigenvalue weighted by Gasteiger charge is 2.25. The first-order valence-corrected chi connectivity index (χ1v) is 17.7. The van der Waals surface area contributed by atoms with E-state index in [-0.39, 0.29) is 0 Å². The van der Waals surface area contributed by atoms with Crippen molar-refractivity contribution < 1.29 is 0 Å². The molecule has 4 heterocycles. The summed E-state index contributed by atoms with van der Waals surface area (Å²) in [6.07, 6.45) is 1.87. The molecule has 0 saturated carbocycles. The number of hydrogen-bond acceptors (Lipinski definition) is 2. The fraction of sp³-hybridized carbons (Fsp3) is 0. The van der Waals surface area contributed by atoms with Gasteiger partial charge in [0.05, 0.1) is 33.5 Å². The van der Waals surface area contributed by atoms with Crippen molar-refractivity contribution in [1.29, 1.82) is 0 Å². The van der Waals surface area contributed by atoms with Crippen LogP contribution in [-0.2, 0) is 0 Å². The van der Waals surface area contributed by atoms with Crippen LogP contribution in [0.1, 0.15) is 0 Å². The topological polar surface area (TPSA) is 35.6 Å². The summed E-state index contributed by atoms with van der Waals surface area (Å²) in [6, 6.07) is 59.4. The fourth-order valence-corrected chi connectivity index (χ4v) is 8.75. The van der Waals surface area contributed by atoms with Crippen molar-refractivity contribution >= 4 is 65.2 Å². The van der Waals surface area contributed by atoms with Gasteiger partial charge in [-0.15, -0.1) is 0 Å². The quantitative estimate of drug-likeness (QED) is 0.189.